The van der Waals surface area contributed by atoms with Crippen LogP contribution in [0.4, 0.5) is 11.5 Å². The number of pyridine rings is 1. The molecule has 1 fully saturated rings. The van der Waals surface area contributed by atoms with Gasteiger partial charge in [0.2, 0.25) is 0 Å². The van der Waals surface area contributed by atoms with Gasteiger partial charge < -0.3 is 4.74 Å². The van der Waals surface area contributed by atoms with Gasteiger partial charge in [-0.1, -0.05) is 36.4 Å². The van der Waals surface area contributed by atoms with E-state index in [2.05, 4.69) is 9.98 Å². The summed E-state index contributed by atoms with van der Waals surface area (Å²) in [5.41, 5.74) is 1.70. The molecule has 1 aliphatic rings. The van der Waals surface area contributed by atoms with Gasteiger partial charge in [0.05, 0.1) is 17.2 Å². The molecular weight excluding hydrogens is 382 g/mol. The zero-order chi connectivity index (χ0) is 20.1. The van der Waals surface area contributed by atoms with Gasteiger partial charge in [0.15, 0.2) is 11.0 Å². The number of carbonyl (C=O) groups excluding carboxylic acids is 1. The summed E-state index contributed by atoms with van der Waals surface area (Å²) >= 11 is 1.34. The number of ether oxygens (including phenoxy) is 1. The van der Waals surface area contributed by atoms with E-state index in [-0.39, 0.29) is 5.91 Å². The molecule has 0 atom stereocenters. The Balaban J connectivity index is 1.70. The second kappa shape index (κ2) is 8.75. The standard InChI is InChI=1S/C23H19N3O2S/c1-2-28-19-13-11-17(12-14-19)16-20-22(27)26(18-8-4-3-5-9-18)23(29-20)25-21-10-6-7-15-24-21/h3-16H,2H2,1H3/b20-16-,25-23+. The highest BCUT2D eigenvalue weighted by molar-refractivity contribution is 8.19. The summed E-state index contributed by atoms with van der Waals surface area (Å²) in [5, 5.41) is 0.581. The molecule has 29 heavy (non-hydrogen) atoms. The summed E-state index contributed by atoms with van der Waals surface area (Å²) in [6, 6.07) is 22.7. The van der Waals surface area contributed by atoms with Crippen LogP contribution >= 0.6 is 11.8 Å². The van der Waals surface area contributed by atoms with Crippen molar-refractivity contribution in [3.05, 3.63) is 89.5 Å². The summed E-state index contributed by atoms with van der Waals surface area (Å²) in [4.78, 5) is 24.3. The minimum Gasteiger partial charge on any atom is -0.494 e. The maximum Gasteiger partial charge on any atom is 0.271 e. The van der Waals surface area contributed by atoms with Crippen LogP contribution < -0.4 is 9.64 Å². The topological polar surface area (TPSA) is 54.8 Å². The summed E-state index contributed by atoms with van der Waals surface area (Å²) in [7, 11) is 0. The van der Waals surface area contributed by atoms with E-state index in [9.17, 15) is 4.79 Å². The van der Waals surface area contributed by atoms with Crippen LogP contribution in [-0.2, 0) is 4.79 Å². The Morgan fingerprint density at radius 1 is 1.03 bits per heavy atom. The lowest BCUT2D eigenvalue weighted by Crippen LogP contribution is -2.28. The molecule has 2 aromatic carbocycles. The fourth-order valence-corrected chi connectivity index (χ4v) is 3.84. The number of amidine groups is 1. The fourth-order valence-electron chi connectivity index (χ4n) is 2.85. The van der Waals surface area contributed by atoms with Gasteiger partial charge in [-0.25, -0.2) is 9.98 Å². The maximum atomic E-state index is 13.2. The van der Waals surface area contributed by atoms with Crippen molar-refractivity contribution in [2.24, 2.45) is 4.99 Å². The molecule has 5 nitrogen and oxygen atoms in total. The molecule has 3 aromatic rings. The highest BCUT2D eigenvalue weighted by Crippen LogP contribution is 2.37. The first-order valence-electron chi connectivity index (χ1n) is 9.26. The molecule has 0 bridgehead atoms. The number of hydrogen-bond donors (Lipinski definition) is 0. The Morgan fingerprint density at radius 2 is 1.79 bits per heavy atom. The molecule has 0 aliphatic carbocycles. The zero-order valence-corrected chi connectivity index (χ0v) is 16.7. The Labute approximate surface area is 173 Å². The van der Waals surface area contributed by atoms with E-state index in [4.69, 9.17) is 4.74 Å². The summed E-state index contributed by atoms with van der Waals surface area (Å²) in [5.74, 6) is 1.26. The van der Waals surface area contributed by atoms with Gasteiger partial charge in [-0.05, 0) is 66.7 Å². The average Bonchev–Trinajstić information content (AvgIpc) is 3.05. The molecule has 0 spiro atoms. The lowest BCUT2D eigenvalue weighted by Gasteiger charge is -2.15. The molecule has 144 valence electrons. The van der Waals surface area contributed by atoms with Crippen molar-refractivity contribution in [2.75, 3.05) is 11.5 Å². The van der Waals surface area contributed by atoms with Gasteiger partial charge in [-0.3, -0.25) is 9.69 Å². The third kappa shape index (κ3) is 4.38. The van der Waals surface area contributed by atoms with Crippen LogP contribution in [0.25, 0.3) is 6.08 Å². The van der Waals surface area contributed by atoms with Gasteiger partial charge in [-0.15, -0.1) is 0 Å². The monoisotopic (exact) mass is 401 g/mol. The van der Waals surface area contributed by atoms with Gasteiger partial charge in [-0.2, -0.15) is 0 Å². The highest BCUT2D eigenvalue weighted by atomic mass is 32.2. The number of carbonyl (C=O) groups is 1. The SMILES string of the molecule is CCOc1ccc(/C=C2\S/C(=N/c3ccccn3)N(c3ccccc3)C2=O)cc1. The summed E-state index contributed by atoms with van der Waals surface area (Å²) < 4.78 is 5.48. The second-order valence-corrected chi connectivity index (χ2v) is 7.18. The van der Waals surface area contributed by atoms with Crippen molar-refractivity contribution in [1.29, 1.82) is 0 Å². The first-order valence-corrected chi connectivity index (χ1v) is 10.1. The molecule has 1 saturated heterocycles. The molecule has 1 amide bonds. The summed E-state index contributed by atoms with van der Waals surface area (Å²) in [6.07, 6.45) is 3.56. The number of benzene rings is 2. The van der Waals surface area contributed by atoms with Gasteiger partial charge in [0.25, 0.3) is 5.91 Å². The first-order chi connectivity index (χ1) is 14.2. The van der Waals surface area contributed by atoms with Crippen molar-refractivity contribution in [1.82, 2.24) is 4.98 Å². The fraction of sp³-hybridized carbons (Fsp3) is 0.0870. The quantitative estimate of drug-likeness (QED) is 0.545. The number of aliphatic imine (C=N–C) groups is 1. The predicted molar refractivity (Wildman–Crippen MR) is 118 cm³/mol. The molecule has 0 radical (unpaired) electrons. The average molecular weight is 401 g/mol. The molecule has 4 rings (SSSR count). The minimum absolute atomic E-state index is 0.107. The normalized spacial score (nSPS) is 16.6. The van der Waals surface area contributed by atoms with E-state index in [1.54, 1.807) is 11.1 Å². The molecule has 1 aliphatic heterocycles. The summed E-state index contributed by atoms with van der Waals surface area (Å²) in [6.45, 7) is 2.57. The van der Waals surface area contributed by atoms with Gasteiger partial charge >= 0.3 is 0 Å². The van der Waals surface area contributed by atoms with Crippen molar-refractivity contribution in [3.8, 4) is 5.75 Å². The van der Waals surface area contributed by atoms with E-state index in [1.165, 1.54) is 11.8 Å². The lowest BCUT2D eigenvalue weighted by atomic mass is 10.2. The Hall–Kier alpha value is -3.38. The molecule has 0 saturated carbocycles. The molecule has 0 N–H and O–H groups in total. The van der Waals surface area contributed by atoms with E-state index in [0.29, 0.717) is 22.5 Å². The molecular formula is C23H19N3O2S. The highest BCUT2D eigenvalue weighted by Gasteiger charge is 2.34. The van der Waals surface area contributed by atoms with Crippen LogP contribution in [0.15, 0.2) is 88.9 Å². The first kappa shape index (κ1) is 19.0. The van der Waals surface area contributed by atoms with Gasteiger partial charge in [0.1, 0.15) is 5.75 Å². The van der Waals surface area contributed by atoms with Crippen LogP contribution in [-0.4, -0.2) is 22.7 Å². The number of nitrogens with zero attached hydrogens (tertiary/aromatic N) is 3. The number of anilines is 1. The van der Waals surface area contributed by atoms with Crippen LogP contribution in [0.1, 0.15) is 12.5 Å². The van der Waals surface area contributed by atoms with E-state index < -0.39 is 0 Å². The van der Waals surface area contributed by atoms with E-state index in [0.717, 1.165) is 17.0 Å². The number of amides is 1. The van der Waals surface area contributed by atoms with Crippen LogP contribution in [0.5, 0.6) is 5.75 Å². The number of hydrogen-bond acceptors (Lipinski definition) is 5. The number of aromatic nitrogens is 1. The largest absolute Gasteiger partial charge is 0.494 e. The predicted octanol–water partition coefficient (Wildman–Crippen LogP) is 5.29. The van der Waals surface area contributed by atoms with Crippen LogP contribution in [0.2, 0.25) is 0 Å². The molecule has 6 heteroatoms. The van der Waals surface area contributed by atoms with Crippen molar-refractivity contribution in [3.63, 3.8) is 0 Å². The Bertz CT molecular complexity index is 1050. The molecule has 2 heterocycles. The minimum atomic E-state index is -0.107. The smallest absolute Gasteiger partial charge is 0.271 e. The van der Waals surface area contributed by atoms with E-state index in [1.807, 2.05) is 85.8 Å². The number of rotatable bonds is 5. The number of para-hydroxylation sites is 1. The van der Waals surface area contributed by atoms with Crippen molar-refractivity contribution in [2.45, 2.75) is 6.92 Å². The molecule has 0 unspecified atom stereocenters. The Morgan fingerprint density at radius 3 is 2.48 bits per heavy atom. The van der Waals surface area contributed by atoms with Gasteiger partial charge in [0, 0.05) is 6.20 Å². The number of thioether (sulfide) groups is 1. The third-order valence-corrected chi connectivity index (χ3v) is 5.14. The van der Waals surface area contributed by atoms with Crippen molar-refractivity contribution >= 4 is 40.4 Å². The second-order valence-electron chi connectivity index (χ2n) is 6.17. The lowest BCUT2D eigenvalue weighted by molar-refractivity contribution is -0.113. The van der Waals surface area contributed by atoms with Crippen LogP contribution in [0, 0.1) is 0 Å². The zero-order valence-electron chi connectivity index (χ0n) is 15.9. The van der Waals surface area contributed by atoms with E-state index >= 15 is 0 Å². The maximum absolute atomic E-state index is 13.2. The van der Waals surface area contributed by atoms with Crippen molar-refractivity contribution < 1.29 is 9.53 Å². The Kier molecular flexibility index (Phi) is 5.72. The van der Waals surface area contributed by atoms with Crippen LogP contribution in [0.3, 0.4) is 0 Å². The third-order valence-electron chi connectivity index (χ3n) is 4.17. The molecule has 1 aromatic heterocycles.